The number of methoxy groups -OCH3 is 1. The van der Waals surface area contributed by atoms with Crippen molar-refractivity contribution < 1.29 is 9.53 Å². The molecule has 3 rings (SSSR count). The number of hydrogen-bond donors (Lipinski definition) is 0. The summed E-state index contributed by atoms with van der Waals surface area (Å²) < 4.78 is 5.22. The molecule has 0 saturated carbocycles. The molecule has 0 atom stereocenters. The average molecular weight is 338 g/mol. The number of ether oxygens (including phenoxy) is 1. The molecule has 1 aliphatic rings. The fourth-order valence-corrected chi connectivity index (χ4v) is 3.74. The lowest BCUT2D eigenvalue weighted by Gasteiger charge is -2.37. The maximum absolute atomic E-state index is 12.7. The van der Waals surface area contributed by atoms with E-state index >= 15 is 0 Å². The number of piperazine rings is 1. The molecule has 2 aromatic rings. The number of carbonyl (C=O) groups is 1. The number of carbonyl (C=O) groups excluding carboxylic acids is 1. The third kappa shape index (κ3) is 3.63. The van der Waals surface area contributed by atoms with Crippen LogP contribution in [0.2, 0.25) is 0 Å². The zero-order valence-electron chi connectivity index (χ0n) is 15.5. The Morgan fingerprint density at radius 1 is 0.960 bits per heavy atom. The summed E-state index contributed by atoms with van der Waals surface area (Å²) in [6.45, 7) is 9.67. The van der Waals surface area contributed by atoms with E-state index in [4.69, 9.17) is 4.74 Å². The molecule has 0 N–H and O–H groups in total. The van der Waals surface area contributed by atoms with Crippen molar-refractivity contribution in [3.05, 3.63) is 58.7 Å². The number of anilines is 1. The van der Waals surface area contributed by atoms with E-state index in [9.17, 15) is 4.79 Å². The first-order valence-electron chi connectivity index (χ1n) is 8.75. The van der Waals surface area contributed by atoms with Crippen LogP contribution < -0.4 is 9.64 Å². The van der Waals surface area contributed by atoms with Crippen LogP contribution in [0.4, 0.5) is 5.69 Å². The van der Waals surface area contributed by atoms with E-state index in [1.165, 1.54) is 22.4 Å². The van der Waals surface area contributed by atoms with Gasteiger partial charge in [-0.2, -0.15) is 0 Å². The van der Waals surface area contributed by atoms with Gasteiger partial charge in [0.25, 0.3) is 5.91 Å². The van der Waals surface area contributed by atoms with Crippen LogP contribution >= 0.6 is 0 Å². The third-order valence-corrected chi connectivity index (χ3v) is 4.84. The second-order valence-corrected chi connectivity index (χ2v) is 6.76. The molecule has 4 nitrogen and oxygen atoms in total. The Morgan fingerprint density at radius 3 is 2.20 bits per heavy atom. The fraction of sp³-hybridized carbons (Fsp3) is 0.381. The SMILES string of the molecule is COc1cccc(C(=O)N2CCN(c3c(C)cc(C)cc3C)CC2)c1. The van der Waals surface area contributed by atoms with Gasteiger partial charge in [0.05, 0.1) is 7.11 Å². The summed E-state index contributed by atoms with van der Waals surface area (Å²) >= 11 is 0. The zero-order chi connectivity index (χ0) is 18.0. The second-order valence-electron chi connectivity index (χ2n) is 6.76. The molecular formula is C21H26N2O2. The van der Waals surface area contributed by atoms with Crippen LogP contribution in [0, 0.1) is 20.8 Å². The van der Waals surface area contributed by atoms with Crippen LogP contribution in [0.3, 0.4) is 0 Å². The Morgan fingerprint density at radius 2 is 1.60 bits per heavy atom. The van der Waals surface area contributed by atoms with E-state index in [0.29, 0.717) is 5.56 Å². The van der Waals surface area contributed by atoms with Crippen molar-refractivity contribution >= 4 is 11.6 Å². The normalized spacial score (nSPS) is 14.6. The molecule has 0 aliphatic carbocycles. The summed E-state index contributed by atoms with van der Waals surface area (Å²) in [6, 6.07) is 11.8. The highest BCUT2D eigenvalue weighted by molar-refractivity contribution is 5.94. The van der Waals surface area contributed by atoms with E-state index in [0.717, 1.165) is 31.9 Å². The smallest absolute Gasteiger partial charge is 0.254 e. The van der Waals surface area contributed by atoms with Gasteiger partial charge in [0.15, 0.2) is 0 Å². The van der Waals surface area contributed by atoms with Crippen molar-refractivity contribution in [1.29, 1.82) is 0 Å². The van der Waals surface area contributed by atoms with Gasteiger partial charge in [-0.05, 0) is 50.1 Å². The Kier molecular flexibility index (Phi) is 4.98. The van der Waals surface area contributed by atoms with Crippen LogP contribution in [0.15, 0.2) is 36.4 Å². The first kappa shape index (κ1) is 17.3. The van der Waals surface area contributed by atoms with Crippen molar-refractivity contribution in [3.8, 4) is 5.75 Å². The molecule has 0 unspecified atom stereocenters. The highest BCUT2D eigenvalue weighted by Crippen LogP contribution is 2.27. The molecule has 1 aliphatic heterocycles. The highest BCUT2D eigenvalue weighted by Gasteiger charge is 2.24. The minimum absolute atomic E-state index is 0.0795. The molecular weight excluding hydrogens is 312 g/mol. The Bertz CT molecular complexity index is 754. The summed E-state index contributed by atoms with van der Waals surface area (Å²) in [6.07, 6.45) is 0. The standard InChI is InChI=1S/C21H26N2O2/c1-15-12-16(2)20(17(3)13-15)22-8-10-23(11-9-22)21(24)18-6-5-7-19(14-18)25-4/h5-7,12-14H,8-11H2,1-4H3. The summed E-state index contributed by atoms with van der Waals surface area (Å²) in [4.78, 5) is 17.1. The summed E-state index contributed by atoms with van der Waals surface area (Å²) in [5.41, 5.74) is 5.93. The Balaban J connectivity index is 1.70. The minimum atomic E-state index is 0.0795. The summed E-state index contributed by atoms with van der Waals surface area (Å²) in [5, 5.41) is 0. The molecule has 1 amide bonds. The van der Waals surface area contributed by atoms with Gasteiger partial charge in [0.1, 0.15) is 5.75 Å². The molecule has 1 saturated heterocycles. The molecule has 132 valence electrons. The molecule has 1 fully saturated rings. The first-order chi connectivity index (χ1) is 12.0. The Hall–Kier alpha value is -2.49. The minimum Gasteiger partial charge on any atom is -0.497 e. The quantitative estimate of drug-likeness (QED) is 0.857. The first-order valence-corrected chi connectivity index (χ1v) is 8.75. The van der Waals surface area contributed by atoms with E-state index in [2.05, 4.69) is 37.8 Å². The van der Waals surface area contributed by atoms with E-state index in [1.807, 2.05) is 29.2 Å². The summed E-state index contributed by atoms with van der Waals surface area (Å²) in [7, 11) is 1.62. The third-order valence-electron chi connectivity index (χ3n) is 4.84. The number of rotatable bonds is 3. The maximum atomic E-state index is 12.7. The van der Waals surface area contributed by atoms with Crippen LogP contribution in [-0.4, -0.2) is 44.1 Å². The molecule has 0 bridgehead atoms. The number of benzene rings is 2. The van der Waals surface area contributed by atoms with Gasteiger partial charge in [0, 0.05) is 37.4 Å². The van der Waals surface area contributed by atoms with Crippen molar-refractivity contribution in [2.75, 3.05) is 38.2 Å². The average Bonchev–Trinajstić information content (AvgIpc) is 2.61. The lowest BCUT2D eigenvalue weighted by molar-refractivity contribution is 0.0746. The van der Waals surface area contributed by atoms with Gasteiger partial charge in [0.2, 0.25) is 0 Å². The topological polar surface area (TPSA) is 32.8 Å². The van der Waals surface area contributed by atoms with E-state index in [-0.39, 0.29) is 5.91 Å². The van der Waals surface area contributed by atoms with Crippen LogP contribution in [0.1, 0.15) is 27.0 Å². The van der Waals surface area contributed by atoms with Gasteiger partial charge in [-0.3, -0.25) is 4.79 Å². The number of hydrogen-bond acceptors (Lipinski definition) is 3. The van der Waals surface area contributed by atoms with Crippen molar-refractivity contribution in [2.24, 2.45) is 0 Å². The van der Waals surface area contributed by atoms with E-state index < -0.39 is 0 Å². The Labute approximate surface area is 150 Å². The number of amides is 1. The highest BCUT2D eigenvalue weighted by atomic mass is 16.5. The molecule has 0 spiro atoms. The van der Waals surface area contributed by atoms with Crippen LogP contribution in [0.25, 0.3) is 0 Å². The predicted octanol–water partition coefficient (Wildman–Crippen LogP) is 3.58. The molecule has 0 aromatic heterocycles. The van der Waals surface area contributed by atoms with Crippen LogP contribution in [0.5, 0.6) is 5.75 Å². The van der Waals surface area contributed by atoms with Crippen molar-refractivity contribution in [3.63, 3.8) is 0 Å². The van der Waals surface area contributed by atoms with Gasteiger partial charge < -0.3 is 14.5 Å². The van der Waals surface area contributed by atoms with Crippen LogP contribution in [-0.2, 0) is 0 Å². The van der Waals surface area contributed by atoms with Gasteiger partial charge >= 0.3 is 0 Å². The maximum Gasteiger partial charge on any atom is 0.254 e. The monoisotopic (exact) mass is 338 g/mol. The molecule has 2 aromatic carbocycles. The molecule has 1 heterocycles. The molecule has 0 radical (unpaired) electrons. The van der Waals surface area contributed by atoms with Gasteiger partial charge in [-0.15, -0.1) is 0 Å². The predicted molar refractivity (Wildman–Crippen MR) is 102 cm³/mol. The molecule has 25 heavy (non-hydrogen) atoms. The number of nitrogens with zero attached hydrogens (tertiary/aromatic N) is 2. The fourth-order valence-electron chi connectivity index (χ4n) is 3.74. The zero-order valence-corrected chi connectivity index (χ0v) is 15.5. The second kappa shape index (κ2) is 7.18. The van der Waals surface area contributed by atoms with Gasteiger partial charge in [-0.25, -0.2) is 0 Å². The van der Waals surface area contributed by atoms with Gasteiger partial charge in [-0.1, -0.05) is 23.8 Å². The molecule has 4 heteroatoms. The van der Waals surface area contributed by atoms with Crippen molar-refractivity contribution in [2.45, 2.75) is 20.8 Å². The largest absolute Gasteiger partial charge is 0.497 e. The lowest BCUT2D eigenvalue weighted by Crippen LogP contribution is -2.49. The summed E-state index contributed by atoms with van der Waals surface area (Å²) in [5.74, 6) is 0.797. The lowest BCUT2D eigenvalue weighted by atomic mass is 10.0. The number of aryl methyl sites for hydroxylation is 3. The van der Waals surface area contributed by atoms with E-state index in [1.54, 1.807) is 7.11 Å². The van der Waals surface area contributed by atoms with Crippen molar-refractivity contribution in [1.82, 2.24) is 4.90 Å².